The predicted molar refractivity (Wildman–Crippen MR) is 111 cm³/mol. The number of hydrogen-bond donors (Lipinski definition) is 1. The molecule has 0 unspecified atom stereocenters. The smallest absolute Gasteiger partial charge is 0.252 e. The van der Waals surface area contributed by atoms with Crippen LogP contribution >= 0.6 is 0 Å². The van der Waals surface area contributed by atoms with E-state index in [0.717, 1.165) is 22.3 Å². The number of hydrogen-bond acceptors (Lipinski definition) is 2. The molecular weight excluding hydrogens is 332 g/mol. The highest BCUT2D eigenvalue weighted by Crippen LogP contribution is 2.24. The molecule has 0 fully saturated rings. The molecule has 27 heavy (non-hydrogen) atoms. The Morgan fingerprint density at radius 2 is 1.30 bits per heavy atom. The van der Waals surface area contributed by atoms with E-state index in [2.05, 4.69) is 10.5 Å². The first-order valence-corrected chi connectivity index (χ1v) is 8.90. The van der Waals surface area contributed by atoms with E-state index in [9.17, 15) is 4.79 Å². The van der Waals surface area contributed by atoms with Crippen LogP contribution in [-0.4, -0.2) is 12.1 Å². The summed E-state index contributed by atoms with van der Waals surface area (Å²) in [6.45, 7) is 1.95. The van der Waals surface area contributed by atoms with Crippen molar-refractivity contribution in [2.75, 3.05) is 0 Å². The monoisotopic (exact) mass is 354 g/mol. The van der Waals surface area contributed by atoms with Crippen LogP contribution in [0.25, 0.3) is 6.08 Å². The van der Waals surface area contributed by atoms with E-state index < -0.39 is 5.92 Å². The van der Waals surface area contributed by atoms with Gasteiger partial charge in [0.2, 0.25) is 0 Å². The normalized spacial score (nSPS) is 11.7. The van der Waals surface area contributed by atoms with Crippen molar-refractivity contribution in [3.8, 4) is 0 Å². The maximum Gasteiger partial charge on any atom is 0.252 e. The molecule has 0 aliphatic heterocycles. The highest BCUT2D eigenvalue weighted by molar-refractivity contribution is 5.89. The van der Waals surface area contributed by atoms with E-state index in [1.807, 2.05) is 104 Å². The highest BCUT2D eigenvalue weighted by Gasteiger charge is 2.22. The van der Waals surface area contributed by atoms with Crippen LogP contribution in [0.15, 0.2) is 102 Å². The average Bonchev–Trinajstić information content (AvgIpc) is 2.70. The first kappa shape index (κ1) is 18.3. The molecule has 0 heterocycles. The number of hydrazone groups is 1. The minimum absolute atomic E-state index is 0.156. The molecule has 0 atom stereocenters. The van der Waals surface area contributed by atoms with Crippen LogP contribution < -0.4 is 5.43 Å². The molecular formula is C24H22N2O. The molecule has 3 aromatic carbocycles. The number of carbonyl (C=O) groups excluding carboxylic acids is 1. The van der Waals surface area contributed by atoms with E-state index in [-0.39, 0.29) is 5.91 Å². The third-order valence-electron chi connectivity index (χ3n) is 4.16. The molecule has 3 heteroatoms. The minimum atomic E-state index is -0.400. The number of rotatable bonds is 6. The Bertz CT molecular complexity index is 877. The third-order valence-corrected chi connectivity index (χ3v) is 4.16. The topological polar surface area (TPSA) is 41.5 Å². The van der Waals surface area contributed by atoms with Crippen molar-refractivity contribution in [1.82, 2.24) is 5.43 Å². The Morgan fingerprint density at radius 3 is 1.81 bits per heavy atom. The number of benzene rings is 3. The van der Waals surface area contributed by atoms with Gasteiger partial charge in [-0.1, -0.05) is 97.1 Å². The molecule has 0 saturated heterocycles. The number of amides is 1. The summed E-state index contributed by atoms with van der Waals surface area (Å²) in [6.07, 6.45) is 3.68. The van der Waals surface area contributed by atoms with E-state index >= 15 is 0 Å². The van der Waals surface area contributed by atoms with Crippen molar-refractivity contribution in [3.05, 3.63) is 113 Å². The van der Waals surface area contributed by atoms with Crippen molar-refractivity contribution in [3.63, 3.8) is 0 Å². The van der Waals surface area contributed by atoms with Crippen molar-refractivity contribution >= 4 is 18.2 Å². The van der Waals surface area contributed by atoms with Crippen LogP contribution in [0.5, 0.6) is 0 Å². The van der Waals surface area contributed by atoms with Gasteiger partial charge in [-0.3, -0.25) is 4.79 Å². The highest BCUT2D eigenvalue weighted by atomic mass is 16.2. The quantitative estimate of drug-likeness (QED) is 0.490. The van der Waals surface area contributed by atoms with Crippen LogP contribution in [0.1, 0.15) is 29.5 Å². The number of nitrogens with zero attached hydrogens (tertiary/aromatic N) is 1. The van der Waals surface area contributed by atoms with Crippen LogP contribution in [0.2, 0.25) is 0 Å². The molecule has 1 amide bonds. The van der Waals surface area contributed by atoms with Gasteiger partial charge in [0.25, 0.3) is 5.91 Å². The zero-order valence-electron chi connectivity index (χ0n) is 15.2. The molecule has 0 bridgehead atoms. The Labute approximate surface area is 160 Å². The molecule has 0 radical (unpaired) electrons. The summed E-state index contributed by atoms with van der Waals surface area (Å²) in [5, 5.41) is 4.15. The van der Waals surface area contributed by atoms with Crippen LogP contribution in [0.3, 0.4) is 0 Å². The van der Waals surface area contributed by atoms with Crippen LogP contribution in [-0.2, 0) is 4.79 Å². The van der Waals surface area contributed by atoms with Gasteiger partial charge in [0.05, 0.1) is 12.1 Å². The Hall–Kier alpha value is -3.46. The summed E-state index contributed by atoms with van der Waals surface area (Å²) in [5.74, 6) is -0.556. The second kappa shape index (κ2) is 9.30. The summed E-state index contributed by atoms with van der Waals surface area (Å²) < 4.78 is 0. The maximum absolute atomic E-state index is 12.8. The lowest BCUT2D eigenvalue weighted by Gasteiger charge is -2.16. The van der Waals surface area contributed by atoms with Gasteiger partial charge < -0.3 is 0 Å². The fraction of sp³-hybridized carbons (Fsp3) is 0.0833. The molecule has 0 aliphatic rings. The minimum Gasteiger partial charge on any atom is -0.272 e. The van der Waals surface area contributed by atoms with Gasteiger partial charge in [0.15, 0.2) is 0 Å². The Balaban J connectivity index is 1.74. The van der Waals surface area contributed by atoms with Gasteiger partial charge in [0, 0.05) is 0 Å². The molecule has 0 saturated carbocycles. The zero-order valence-corrected chi connectivity index (χ0v) is 15.2. The molecule has 0 spiro atoms. The summed E-state index contributed by atoms with van der Waals surface area (Å²) >= 11 is 0. The SMILES string of the molecule is C/C(C=NNC(=O)C(c1ccccc1)c1ccccc1)=C\c1ccccc1. The summed E-state index contributed by atoms with van der Waals surface area (Å²) in [6, 6.07) is 29.5. The first-order chi connectivity index (χ1) is 13.2. The van der Waals surface area contributed by atoms with Gasteiger partial charge in [-0.2, -0.15) is 5.10 Å². The van der Waals surface area contributed by atoms with Gasteiger partial charge in [-0.05, 0) is 29.2 Å². The van der Waals surface area contributed by atoms with E-state index in [1.54, 1.807) is 6.21 Å². The molecule has 3 aromatic rings. The van der Waals surface area contributed by atoms with Gasteiger partial charge in [-0.25, -0.2) is 5.43 Å². The maximum atomic E-state index is 12.8. The van der Waals surface area contributed by atoms with Gasteiger partial charge in [-0.15, -0.1) is 0 Å². The van der Waals surface area contributed by atoms with E-state index in [4.69, 9.17) is 0 Å². The fourth-order valence-corrected chi connectivity index (χ4v) is 2.90. The molecule has 0 aromatic heterocycles. The van der Waals surface area contributed by atoms with Crippen molar-refractivity contribution in [2.24, 2.45) is 5.10 Å². The van der Waals surface area contributed by atoms with Gasteiger partial charge in [0.1, 0.15) is 0 Å². The summed E-state index contributed by atoms with van der Waals surface area (Å²) in [5.41, 5.74) is 6.61. The van der Waals surface area contributed by atoms with Crippen molar-refractivity contribution in [1.29, 1.82) is 0 Å². The largest absolute Gasteiger partial charge is 0.272 e. The standard InChI is InChI=1S/C24H22N2O/c1-19(17-20-11-5-2-6-12-20)18-25-26-24(27)23(21-13-7-3-8-14-21)22-15-9-4-10-16-22/h2-18,23H,1H3,(H,26,27)/b19-17+,25-18?. The Kier molecular flexibility index (Phi) is 6.31. The molecule has 3 nitrogen and oxygen atoms in total. The molecule has 0 aliphatic carbocycles. The number of carbonyl (C=O) groups is 1. The fourth-order valence-electron chi connectivity index (χ4n) is 2.90. The number of nitrogens with one attached hydrogen (secondary N) is 1. The first-order valence-electron chi connectivity index (χ1n) is 8.90. The lowest BCUT2D eigenvalue weighted by atomic mass is 9.91. The number of allylic oxidation sites excluding steroid dienone is 1. The summed E-state index contributed by atoms with van der Waals surface area (Å²) in [4.78, 5) is 12.8. The zero-order chi connectivity index (χ0) is 18.9. The van der Waals surface area contributed by atoms with Crippen molar-refractivity contribution in [2.45, 2.75) is 12.8 Å². The lowest BCUT2D eigenvalue weighted by molar-refractivity contribution is -0.121. The third kappa shape index (κ3) is 5.25. The van der Waals surface area contributed by atoms with E-state index in [1.165, 1.54) is 0 Å². The van der Waals surface area contributed by atoms with Crippen molar-refractivity contribution < 1.29 is 4.79 Å². The average molecular weight is 354 g/mol. The van der Waals surface area contributed by atoms with Gasteiger partial charge >= 0.3 is 0 Å². The second-order valence-corrected chi connectivity index (χ2v) is 6.29. The molecule has 1 N–H and O–H groups in total. The lowest BCUT2D eigenvalue weighted by Crippen LogP contribution is -2.26. The second-order valence-electron chi connectivity index (χ2n) is 6.29. The predicted octanol–water partition coefficient (Wildman–Crippen LogP) is 5.02. The van der Waals surface area contributed by atoms with E-state index in [0.29, 0.717) is 0 Å². The molecule has 134 valence electrons. The van der Waals surface area contributed by atoms with Crippen LogP contribution in [0, 0.1) is 0 Å². The Morgan fingerprint density at radius 1 is 0.815 bits per heavy atom. The molecule has 3 rings (SSSR count). The van der Waals surface area contributed by atoms with Crippen LogP contribution in [0.4, 0.5) is 0 Å². The summed E-state index contributed by atoms with van der Waals surface area (Å²) in [7, 11) is 0.